The Kier molecular flexibility index (Phi) is 5.30. The standard InChI is InChI=1S/C15H20Cl2N2O/c1-10-7-11(5-6-18-10)15(20)19(2)9-12-3-4-13(16)8-14(12)17/h3-4,8,10-11,18H,5-7,9H2,1-2H3. The molecule has 1 fully saturated rings. The molecule has 1 heterocycles. The number of hydrogen-bond donors (Lipinski definition) is 1. The normalized spacial score (nSPS) is 22.6. The van der Waals surface area contributed by atoms with Crippen molar-refractivity contribution in [2.45, 2.75) is 32.4 Å². The van der Waals surface area contributed by atoms with Crippen molar-refractivity contribution in [1.82, 2.24) is 10.2 Å². The molecule has 0 saturated carbocycles. The SMILES string of the molecule is CC1CC(C(=O)N(C)Cc2ccc(Cl)cc2Cl)CCN1. The van der Waals surface area contributed by atoms with Crippen molar-refractivity contribution in [3.63, 3.8) is 0 Å². The van der Waals surface area contributed by atoms with Crippen LogP contribution in [0.3, 0.4) is 0 Å². The lowest BCUT2D eigenvalue weighted by atomic mass is 9.92. The lowest BCUT2D eigenvalue weighted by Crippen LogP contribution is -2.42. The summed E-state index contributed by atoms with van der Waals surface area (Å²) in [4.78, 5) is 14.2. The molecule has 2 unspecified atom stereocenters. The van der Waals surface area contributed by atoms with Crippen LogP contribution in [0, 0.1) is 5.92 Å². The molecule has 2 rings (SSSR count). The first-order valence-electron chi connectivity index (χ1n) is 6.89. The second-order valence-electron chi connectivity index (χ2n) is 5.51. The van der Waals surface area contributed by atoms with Crippen molar-refractivity contribution in [3.05, 3.63) is 33.8 Å². The predicted octanol–water partition coefficient (Wildman–Crippen LogP) is 3.34. The number of piperidine rings is 1. The maximum absolute atomic E-state index is 12.5. The van der Waals surface area contributed by atoms with E-state index in [0.29, 0.717) is 22.6 Å². The van der Waals surface area contributed by atoms with Crippen molar-refractivity contribution in [3.8, 4) is 0 Å². The summed E-state index contributed by atoms with van der Waals surface area (Å²) in [5, 5.41) is 4.58. The highest BCUT2D eigenvalue weighted by molar-refractivity contribution is 6.35. The fourth-order valence-electron chi connectivity index (χ4n) is 2.65. The van der Waals surface area contributed by atoms with Crippen molar-refractivity contribution in [1.29, 1.82) is 0 Å². The molecule has 0 aromatic heterocycles. The summed E-state index contributed by atoms with van der Waals surface area (Å²) >= 11 is 12.0. The minimum atomic E-state index is 0.113. The van der Waals surface area contributed by atoms with Crippen molar-refractivity contribution in [2.75, 3.05) is 13.6 Å². The minimum absolute atomic E-state index is 0.113. The van der Waals surface area contributed by atoms with Gasteiger partial charge in [-0.25, -0.2) is 0 Å². The number of carbonyl (C=O) groups excluding carboxylic acids is 1. The van der Waals surface area contributed by atoms with E-state index in [1.165, 1.54) is 0 Å². The van der Waals surface area contributed by atoms with Crippen LogP contribution in [0.4, 0.5) is 0 Å². The van der Waals surface area contributed by atoms with E-state index in [4.69, 9.17) is 23.2 Å². The molecule has 0 bridgehead atoms. The zero-order chi connectivity index (χ0) is 14.7. The number of hydrogen-bond acceptors (Lipinski definition) is 2. The number of nitrogens with one attached hydrogen (secondary N) is 1. The molecule has 1 aromatic rings. The zero-order valence-electron chi connectivity index (χ0n) is 11.8. The van der Waals surface area contributed by atoms with Crippen molar-refractivity contribution >= 4 is 29.1 Å². The van der Waals surface area contributed by atoms with Crippen LogP contribution in [0.1, 0.15) is 25.3 Å². The lowest BCUT2D eigenvalue weighted by molar-refractivity contribution is -0.135. The summed E-state index contributed by atoms with van der Waals surface area (Å²) in [6.07, 6.45) is 1.80. The van der Waals surface area contributed by atoms with E-state index in [1.807, 2.05) is 13.1 Å². The van der Waals surface area contributed by atoms with Gasteiger partial charge in [-0.1, -0.05) is 29.3 Å². The molecule has 1 N–H and O–H groups in total. The third-order valence-electron chi connectivity index (χ3n) is 3.77. The minimum Gasteiger partial charge on any atom is -0.341 e. The summed E-state index contributed by atoms with van der Waals surface area (Å²) in [5.74, 6) is 0.312. The Labute approximate surface area is 130 Å². The topological polar surface area (TPSA) is 32.3 Å². The highest BCUT2D eigenvalue weighted by Gasteiger charge is 2.27. The number of carbonyl (C=O) groups is 1. The van der Waals surface area contributed by atoms with E-state index in [0.717, 1.165) is 24.9 Å². The van der Waals surface area contributed by atoms with Gasteiger partial charge in [-0.15, -0.1) is 0 Å². The van der Waals surface area contributed by atoms with Crippen LogP contribution in [-0.2, 0) is 11.3 Å². The lowest BCUT2D eigenvalue weighted by Gasteiger charge is -2.30. The molecule has 0 radical (unpaired) electrons. The number of nitrogens with zero attached hydrogens (tertiary/aromatic N) is 1. The fourth-order valence-corrected chi connectivity index (χ4v) is 3.12. The molecule has 2 atom stereocenters. The van der Waals surface area contributed by atoms with Gasteiger partial charge in [-0.2, -0.15) is 0 Å². The predicted molar refractivity (Wildman–Crippen MR) is 83.1 cm³/mol. The van der Waals surface area contributed by atoms with Gasteiger partial charge in [0.1, 0.15) is 0 Å². The van der Waals surface area contributed by atoms with Gasteiger partial charge in [0, 0.05) is 35.6 Å². The quantitative estimate of drug-likeness (QED) is 0.928. The van der Waals surface area contributed by atoms with Crippen LogP contribution in [0.25, 0.3) is 0 Å². The van der Waals surface area contributed by atoms with E-state index in [9.17, 15) is 4.79 Å². The molecular formula is C15H20Cl2N2O. The van der Waals surface area contributed by atoms with Gasteiger partial charge in [-0.3, -0.25) is 4.79 Å². The summed E-state index contributed by atoms with van der Waals surface area (Å²) in [6, 6.07) is 5.79. The first kappa shape index (κ1) is 15.6. The Hall–Kier alpha value is -0.770. The summed E-state index contributed by atoms with van der Waals surface area (Å²) in [7, 11) is 1.83. The molecule has 1 saturated heterocycles. The molecule has 1 aliphatic heterocycles. The summed E-state index contributed by atoms with van der Waals surface area (Å²) in [5.41, 5.74) is 0.925. The number of amides is 1. The zero-order valence-corrected chi connectivity index (χ0v) is 13.3. The monoisotopic (exact) mass is 314 g/mol. The molecular weight excluding hydrogens is 295 g/mol. The smallest absolute Gasteiger partial charge is 0.225 e. The van der Waals surface area contributed by atoms with E-state index >= 15 is 0 Å². The van der Waals surface area contributed by atoms with Crippen LogP contribution in [0.15, 0.2) is 18.2 Å². The van der Waals surface area contributed by atoms with Gasteiger partial charge in [0.2, 0.25) is 5.91 Å². The van der Waals surface area contributed by atoms with Crippen molar-refractivity contribution in [2.24, 2.45) is 5.92 Å². The Morgan fingerprint density at radius 1 is 1.45 bits per heavy atom. The third kappa shape index (κ3) is 3.87. The maximum Gasteiger partial charge on any atom is 0.225 e. The molecule has 1 amide bonds. The van der Waals surface area contributed by atoms with E-state index in [2.05, 4.69) is 12.2 Å². The molecule has 0 spiro atoms. The van der Waals surface area contributed by atoms with Crippen LogP contribution >= 0.6 is 23.2 Å². The second-order valence-corrected chi connectivity index (χ2v) is 6.35. The Morgan fingerprint density at radius 3 is 2.85 bits per heavy atom. The highest BCUT2D eigenvalue weighted by atomic mass is 35.5. The molecule has 1 aromatic carbocycles. The van der Waals surface area contributed by atoms with Gasteiger partial charge in [0.05, 0.1) is 0 Å². The Balaban J connectivity index is 2.00. The van der Waals surface area contributed by atoms with Gasteiger partial charge in [0.25, 0.3) is 0 Å². The van der Waals surface area contributed by atoms with E-state index in [1.54, 1.807) is 17.0 Å². The van der Waals surface area contributed by atoms with Crippen LogP contribution in [0.5, 0.6) is 0 Å². The van der Waals surface area contributed by atoms with Gasteiger partial charge < -0.3 is 10.2 Å². The summed E-state index contributed by atoms with van der Waals surface area (Å²) < 4.78 is 0. The maximum atomic E-state index is 12.5. The highest BCUT2D eigenvalue weighted by Crippen LogP contribution is 2.24. The number of rotatable bonds is 3. The van der Waals surface area contributed by atoms with E-state index in [-0.39, 0.29) is 11.8 Å². The fraction of sp³-hybridized carbons (Fsp3) is 0.533. The first-order chi connectivity index (χ1) is 9.47. The van der Waals surface area contributed by atoms with Crippen LogP contribution in [-0.4, -0.2) is 30.4 Å². The van der Waals surface area contributed by atoms with Gasteiger partial charge in [0.15, 0.2) is 0 Å². The summed E-state index contributed by atoms with van der Waals surface area (Å²) in [6.45, 7) is 3.55. The van der Waals surface area contributed by atoms with Gasteiger partial charge in [-0.05, 0) is 44.0 Å². The molecule has 0 aliphatic carbocycles. The molecule has 3 nitrogen and oxygen atoms in total. The molecule has 1 aliphatic rings. The van der Waals surface area contributed by atoms with Crippen LogP contribution in [0.2, 0.25) is 10.0 Å². The third-order valence-corrected chi connectivity index (χ3v) is 4.36. The molecule has 110 valence electrons. The Morgan fingerprint density at radius 2 is 2.20 bits per heavy atom. The van der Waals surface area contributed by atoms with Gasteiger partial charge >= 0.3 is 0 Å². The second kappa shape index (κ2) is 6.79. The Bertz CT molecular complexity index is 493. The van der Waals surface area contributed by atoms with E-state index < -0.39 is 0 Å². The average molecular weight is 315 g/mol. The average Bonchev–Trinajstić information content (AvgIpc) is 2.41. The number of halogens is 2. The molecule has 20 heavy (non-hydrogen) atoms. The largest absolute Gasteiger partial charge is 0.341 e. The first-order valence-corrected chi connectivity index (χ1v) is 7.65. The molecule has 5 heteroatoms. The van der Waals surface area contributed by atoms with Crippen LogP contribution < -0.4 is 5.32 Å². The number of benzene rings is 1. The van der Waals surface area contributed by atoms with Crippen molar-refractivity contribution < 1.29 is 4.79 Å².